The summed E-state index contributed by atoms with van der Waals surface area (Å²) >= 11 is 0. The van der Waals surface area contributed by atoms with Crippen molar-refractivity contribution in [2.45, 2.75) is 39.3 Å². The van der Waals surface area contributed by atoms with Crippen LogP contribution in [0.2, 0.25) is 0 Å². The molecule has 84 valence electrons. The highest BCUT2D eigenvalue weighted by Gasteiger charge is 2.28. The van der Waals surface area contributed by atoms with Crippen LogP contribution in [-0.2, 0) is 0 Å². The first-order valence-corrected chi connectivity index (χ1v) is 5.72. The van der Waals surface area contributed by atoms with Gasteiger partial charge in [0.05, 0.1) is 0 Å². The summed E-state index contributed by atoms with van der Waals surface area (Å²) in [7, 11) is 0. The molecule has 1 fully saturated rings. The molecule has 1 saturated heterocycles. The van der Waals surface area contributed by atoms with Crippen molar-refractivity contribution in [3.05, 3.63) is 0 Å². The first kappa shape index (κ1) is 11.9. The number of hydrogen-bond acceptors (Lipinski definition) is 2. The normalized spacial score (nSPS) is 31.7. The molecule has 0 spiro atoms. The van der Waals surface area contributed by atoms with E-state index in [1.165, 1.54) is 6.42 Å². The Morgan fingerprint density at radius 2 is 2.29 bits per heavy atom. The van der Waals surface area contributed by atoms with E-state index in [1.54, 1.807) is 0 Å². The van der Waals surface area contributed by atoms with Gasteiger partial charge in [-0.15, -0.1) is 0 Å². The van der Waals surface area contributed by atoms with Crippen molar-refractivity contribution in [1.29, 1.82) is 0 Å². The summed E-state index contributed by atoms with van der Waals surface area (Å²) in [5, 5.41) is 3.47. The van der Waals surface area contributed by atoms with Gasteiger partial charge in [0.25, 0.3) is 0 Å². The number of nitrogens with zero attached hydrogens (tertiary/aromatic N) is 1. The summed E-state index contributed by atoms with van der Waals surface area (Å²) in [6, 6.07) is 1.02. The molecule has 0 bridgehead atoms. The number of hydrogen-bond donors (Lipinski definition) is 1. The monoisotopic (exact) mass is 202 g/mol. The maximum atomic E-state index is 12.4. The van der Waals surface area contributed by atoms with Crippen molar-refractivity contribution in [2.75, 3.05) is 26.3 Å². The molecule has 3 heteroatoms. The standard InChI is InChI=1S/C11H23FN2/c1-4-9(2)11-7-13-10(3)8-14(11)6-5-12/h9-11,13H,4-8H2,1-3H3. The quantitative estimate of drug-likeness (QED) is 0.746. The Labute approximate surface area is 86.9 Å². The fraction of sp³-hybridized carbons (Fsp3) is 1.00. The number of rotatable bonds is 4. The predicted molar refractivity (Wildman–Crippen MR) is 58.3 cm³/mol. The Balaban J connectivity index is 2.52. The molecule has 0 radical (unpaired) electrons. The summed E-state index contributed by atoms with van der Waals surface area (Å²) in [4.78, 5) is 2.30. The Bertz CT molecular complexity index is 163. The molecule has 0 aromatic heterocycles. The predicted octanol–water partition coefficient (Wildman–Crippen LogP) is 1.66. The highest BCUT2D eigenvalue weighted by Crippen LogP contribution is 2.17. The van der Waals surface area contributed by atoms with E-state index < -0.39 is 0 Å². The fourth-order valence-corrected chi connectivity index (χ4v) is 2.20. The van der Waals surface area contributed by atoms with Crippen molar-refractivity contribution in [3.8, 4) is 0 Å². The topological polar surface area (TPSA) is 15.3 Å². The van der Waals surface area contributed by atoms with E-state index in [-0.39, 0.29) is 6.67 Å². The van der Waals surface area contributed by atoms with Crippen LogP contribution in [0.25, 0.3) is 0 Å². The third-order valence-corrected chi connectivity index (χ3v) is 3.33. The van der Waals surface area contributed by atoms with E-state index in [4.69, 9.17) is 0 Å². The van der Waals surface area contributed by atoms with Crippen LogP contribution in [0.15, 0.2) is 0 Å². The van der Waals surface area contributed by atoms with Gasteiger partial charge < -0.3 is 5.32 Å². The average molecular weight is 202 g/mol. The van der Waals surface area contributed by atoms with Crippen LogP contribution in [0, 0.1) is 5.92 Å². The zero-order chi connectivity index (χ0) is 10.6. The maximum Gasteiger partial charge on any atom is 0.102 e. The van der Waals surface area contributed by atoms with Crippen molar-refractivity contribution in [1.82, 2.24) is 10.2 Å². The van der Waals surface area contributed by atoms with Gasteiger partial charge in [0.15, 0.2) is 0 Å². The summed E-state index contributed by atoms with van der Waals surface area (Å²) in [5.74, 6) is 0.654. The van der Waals surface area contributed by atoms with E-state index >= 15 is 0 Å². The van der Waals surface area contributed by atoms with Crippen LogP contribution in [0.1, 0.15) is 27.2 Å². The lowest BCUT2D eigenvalue weighted by Crippen LogP contribution is -2.58. The van der Waals surface area contributed by atoms with Crippen LogP contribution < -0.4 is 5.32 Å². The first-order valence-electron chi connectivity index (χ1n) is 5.72. The fourth-order valence-electron chi connectivity index (χ4n) is 2.20. The molecule has 0 aromatic rings. The van der Waals surface area contributed by atoms with Gasteiger partial charge in [-0.25, -0.2) is 4.39 Å². The van der Waals surface area contributed by atoms with Gasteiger partial charge in [-0.05, 0) is 12.8 Å². The number of alkyl halides is 1. The van der Waals surface area contributed by atoms with Crippen molar-refractivity contribution in [2.24, 2.45) is 5.92 Å². The minimum Gasteiger partial charge on any atom is -0.311 e. The van der Waals surface area contributed by atoms with Crippen LogP contribution in [0.4, 0.5) is 4.39 Å². The van der Waals surface area contributed by atoms with Gasteiger partial charge in [-0.2, -0.15) is 0 Å². The summed E-state index contributed by atoms with van der Waals surface area (Å²) in [6.07, 6.45) is 1.17. The van der Waals surface area contributed by atoms with E-state index in [2.05, 4.69) is 31.0 Å². The van der Waals surface area contributed by atoms with Crippen molar-refractivity contribution < 1.29 is 4.39 Å². The molecule has 1 aliphatic rings. The first-order chi connectivity index (χ1) is 6.69. The second-order valence-corrected chi connectivity index (χ2v) is 4.45. The average Bonchev–Trinajstić information content (AvgIpc) is 2.17. The number of nitrogens with one attached hydrogen (secondary N) is 1. The van der Waals surface area contributed by atoms with E-state index in [0.29, 0.717) is 24.5 Å². The van der Waals surface area contributed by atoms with Gasteiger partial charge >= 0.3 is 0 Å². The molecular formula is C11H23FN2. The minimum absolute atomic E-state index is 0.223. The van der Waals surface area contributed by atoms with Crippen LogP contribution in [-0.4, -0.2) is 43.3 Å². The van der Waals surface area contributed by atoms with Crippen LogP contribution in [0.5, 0.6) is 0 Å². The lowest BCUT2D eigenvalue weighted by Gasteiger charge is -2.41. The van der Waals surface area contributed by atoms with Crippen LogP contribution in [0.3, 0.4) is 0 Å². The second kappa shape index (κ2) is 5.66. The summed E-state index contributed by atoms with van der Waals surface area (Å²) in [6.45, 7) is 9.00. The smallest absolute Gasteiger partial charge is 0.102 e. The SMILES string of the molecule is CCC(C)C1CNC(C)CN1CCF. The molecule has 0 aromatic carbocycles. The molecule has 0 saturated carbocycles. The molecular weight excluding hydrogens is 179 g/mol. The number of piperazine rings is 1. The van der Waals surface area contributed by atoms with Gasteiger partial charge in [-0.1, -0.05) is 20.3 Å². The second-order valence-electron chi connectivity index (χ2n) is 4.45. The number of halogens is 1. The van der Waals surface area contributed by atoms with E-state index in [9.17, 15) is 4.39 Å². The third kappa shape index (κ3) is 2.92. The maximum absolute atomic E-state index is 12.4. The molecule has 2 nitrogen and oxygen atoms in total. The van der Waals surface area contributed by atoms with Gasteiger partial charge in [0.1, 0.15) is 6.67 Å². The molecule has 1 N–H and O–H groups in total. The highest BCUT2D eigenvalue weighted by atomic mass is 19.1. The largest absolute Gasteiger partial charge is 0.311 e. The highest BCUT2D eigenvalue weighted by molar-refractivity contribution is 4.86. The molecule has 1 heterocycles. The third-order valence-electron chi connectivity index (χ3n) is 3.33. The Morgan fingerprint density at radius 1 is 1.57 bits per heavy atom. The zero-order valence-electron chi connectivity index (χ0n) is 9.59. The van der Waals surface area contributed by atoms with Gasteiger partial charge in [-0.3, -0.25) is 4.90 Å². The van der Waals surface area contributed by atoms with Gasteiger partial charge in [0.2, 0.25) is 0 Å². The molecule has 0 aliphatic carbocycles. The Morgan fingerprint density at radius 3 is 2.86 bits per heavy atom. The van der Waals surface area contributed by atoms with E-state index in [1.807, 2.05) is 0 Å². The molecule has 14 heavy (non-hydrogen) atoms. The molecule has 0 amide bonds. The van der Waals surface area contributed by atoms with Gasteiger partial charge in [0, 0.05) is 31.7 Å². The molecule has 3 atom stereocenters. The molecule has 3 unspecified atom stereocenters. The van der Waals surface area contributed by atoms with Crippen LogP contribution >= 0.6 is 0 Å². The van der Waals surface area contributed by atoms with E-state index in [0.717, 1.165) is 13.1 Å². The lowest BCUT2D eigenvalue weighted by molar-refractivity contribution is 0.0891. The van der Waals surface area contributed by atoms with Crippen molar-refractivity contribution >= 4 is 0 Å². The zero-order valence-corrected chi connectivity index (χ0v) is 9.59. The summed E-state index contributed by atoms with van der Waals surface area (Å²) < 4.78 is 12.4. The van der Waals surface area contributed by atoms with Crippen molar-refractivity contribution in [3.63, 3.8) is 0 Å². The minimum atomic E-state index is -0.223. The summed E-state index contributed by atoms with van der Waals surface area (Å²) in [5.41, 5.74) is 0. The Hall–Kier alpha value is -0.150. The molecule has 1 aliphatic heterocycles. The molecule has 1 rings (SSSR count). The lowest BCUT2D eigenvalue weighted by atomic mass is 9.95. The Kier molecular flexibility index (Phi) is 4.82.